The second-order valence-corrected chi connectivity index (χ2v) is 9.89. The van der Waals surface area contributed by atoms with Gasteiger partial charge in [0.2, 0.25) is 0 Å². The van der Waals surface area contributed by atoms with Crippen molar-refractivity contribution in [3.8, 4) is 0 Å². The van der Waals surface area contributed by atoms with Crippen molar-refractivity contribution >= 4 is 28.7 Å². The molecule has 1 aliphatic carbocycles. The van der Waals surface area contributed by atoms with Gasteiger partial charge in [-0.2, -0.15) is 5.10 Å². The average molecular weight is 442 g/mol. The van der Waals surface area contributed by atoms with E-state index in [0.717, 1.165) is 36.2 Å². The highest BCUT2D eigenvalue weighted by atomic mass is 32.2. The number of benzene rings is 1. The highest BCUT2D eigenvalue weighted by Crippen LogP contribution is 2.40. The third-order valence-electron chi connectivity index (χ3n) is 5.97. The Morgan fingerprint density at radius 3 is 2.61 bits per heavy atom. The zero-order valence-electron chi connectivity index (χ0n) is 18.2. The van der Waals surface area contributed by atoms with E-state index in [2.05, 4.69) is 16.1 Å². The largest absolute Gasteiger partial charge is 0.297 e. The van der Waals surface area contributed by atoms with Gasteiger partial charge >= 0.3 is 0 Å². The summed E-state index contributed by atoms with van der Waals surface area (Å²) in [5, 5.41) is 4.53. The first-order valence-corrected chi connectivity index (χ1v) is 11.6. The van der Waals surface area contributed by atoms with Crippen LogP contribution in [0.4, 0.5) is 4.39 Å². The van der Waals surface area contributed by atoms with Crippen molar-refractivity contribution in [2.24, 2.45) is 13.0 Å². The molecule has 0 bridgehead atoms. The van der Waals surface area contributed by atoms with Crippen LogP contribution in [-0.4, -0.2) is 43.9 Å². The number of Topliss-reactive ketones (excluding diaryl/α,β-unsaturated/α-hetero) is 1. The lowest BCUT2D eigenvalue weighted by molar-refractivity contribution is -0.126. The van der Waals surface area contributed by atoms with Crippen LogP contribution in [0.3, 0.4) is 0 Å². The van der Waals surface area contributed by atoms with E-state index in [4.69, 9.17) is 0 Å². The summed E-state index contributed by atoms with van der Waals surface area (Å²) >= 11 is 1.33. The molecule has 2 atom stereocenters. The van der Waals surface area contributed by atoms with Crippen LogP contribution in [0, 0.1) is 18.7 Å². The zero-order valence-corrected chi connectivity index (χ0v) is 19.0. The summed E-state index contributed by atoms with van der Waals surface area (Å²) in [5.41, 5.74) is 3.40. The average Bonchev–Trinajstić information content (AvgIpc) is 3.51. The van der Waals surface area contributed by atoms with Crippen molar-refractivity contribution in [1.82, 2.24) is 14.7 Å². The van der Waals surface area contributed by atoms with Crippen molar-refractivity contribution in [2.75, 3.05) is 13.1 Å². The number of nitrogens with zero attached hydrogens (tertiary/aromatic N) is 3. The van der Waals surface area contributed by atoms with Crippen LogP contribution in [0.2, 0.25) is 0 Å². The minimum Gasteiger partial charge on any atom is -0.297 e. The molecule has 2 fully saturated rings. The molecule has 1 aromatic heterocycles. The Kier molecular flexibility index (Phi) is 6.44. The van der Waals surface area contributed by atoms with Gasteiger partial charge < -0.3 is 0 Å². The number of hydrogen-bond acceptors (Lipinski definition) is 5. The second-order valence-electron chi connectivity index (χ2n) is 8.51. The molecule has 0 spiro atoms. The van der Waals surface area contributed by atoms with Gasteiger partial charge in [-0.05, 0) is 50.0 Å². The third kappa shape index (κ3) is 4.99. The SMILES string of the molecule is CC(=O)SC1CCN(C(C(=O)C2CC2)c2ccccc2F)C/C1=C/c1cc(C)nn1C. The molecule has 1 aromatic carbocycles. The van der Waals surface area contributed by atoms with E-state index in [1.165, 1.54) is 17.8 Å². The molecule has 2 unspecified atom stereocenters. The van der Waals surface area contributed by atoms with Crippen LogP contribution in [-0.2, 0) is 16.6 Å². The van der Waals surface area contributed by atoms with Crippen LogP contribution >= 0.6 is 11.8 Å². The van der Waals surface area contributed by atoms with Crippen molar-refractivity contribution in [2.45, 2.75) is 44.4 Å². The Hall–Kier alpha value is -2.25. The number of thioether (sulfide) groups is 1. The number of carbonyl (C=O) groups is 2. The highest BCUT2D eigenvalue weighted by Gasteiger charge is 2.41. The summed E-state index contributed by atoms with van der Waals surface area (Å²) in [5.74, 6) is -0.200. The van der Waals surface area contributed by atoms with Gasteiger partial charge in [0.15, 0.2) is 10.9 Å². The molecule has 164 valence electrons. The summed E-state index contributed by atoms with van der Waals surface area (Å²) in [7, 11) is 1.89. The first-order valence-electron chi connectivity index (χ1n) is 10.7. The van der Waals surface area contributed by atoms with Crippen molar-refractivity contribution in [3.63, 3.8) is 0 Å². The number of aryl methyl sites for hydroxylation is 2. The Labute approximate surface area is 186 Å². The normalized spacial score (nSPS) is 21.9. The van der Waals surface area contributed by atoms with Crippen molar-refractivity contribution < 1.29 is 14.0 Å². The molecular weight excluding hydrogens is 413 g/mol. The molecule has 1 saturated heterocycles. The third-order valence-corrected chi connectivity index (χ3v) is 7.13. The maximum absolute atomic E-state index is 14.7. The lowest BCUT2D eigenvalue weighted by Crippen LogP contribution is -2.43. The highest BCUT2D eigenvalue weighted by molar-refractivity contribution is 8.14. The van der Waals surface area contributed by atoms with Gasteiger partial charge in [-0.3, -0.25) is 19.2 Å². The van der Waals surface area contributed by atoms with Crippen LogP contribution < -0.4 is 0 Å². The maximum atomic E-state index is 14.7. The molecule has 2 heterocycles. The van der Waals surface area contributed by atoms with Gasteiger partial charge in [-0.15, -0.1) is 0 Å². The van der Waals surface area contributed by atoms with E-state index < -0.39 is 6.04 Å². The number of aromatic nitrogens is 2. The zero-order chi connectivity index (χ0) is 22.1. The minimum absolute atomic E-state index is 0.0288. The van der Waals surface area contributed by atoms with Gasteiger partial charge in [0.1, 0.15) is 5.82 Å². The maximum Gasteiger partial charge on any atom is 0.186 e. The Balaban J connectivity index is 1.69. The van der Waals surface area contributed by atoms with E-state index in [0.29, 0.717) is 18.7 Å². The molecule has 5 nitrogen and oxygen atoms in total. The van der Waals surface area contributed by atoms with Crippen molar-refractivity contribution in [1.29, 1.82) is 0 Å². The molecular formula is C24H28FN3O2S. The van der Waals surface area contributed by atoms with Gasteiger partial charge in [0.05, 0.1) is 17.4 Å². The topological polar surface area (TPSA) is 55.2 Å². The smallest absolute Gasteiger partial charge is 0.186 e. The first kappa shape index (κ1) is 22.0. The molecule has 1 aliphatic heterocycles. The predicted molar refractivity (Wildman–Crippen MR) is 121 cm³/mol. The van der Waals surface area contributed by atoms with Gasteiger partial charge in [-0.25, -0.2) is 4.39 Å². The molecule has 2 aromatic rings. The van der Waals surface area contributed by atoms with E-state index in [9.17, 15) is 14.0 Å². The Morgan fingerprint density at radius 2 is 2.00 bits per heavy atom. The van der Waals surface area contributed by atoms with Crippen LogP contribution in [0.15, 0.2) is 35.9 Å². The molecule has 0 radical (unpaired) electrons. The summed E-state index contributed by atoms with van der Waals surface area (Å²) in [6.07, 6.45) is 4.58. The van der Waals surface area contributed by atoms with Gasteiger partial charge in [0, 0.05) is 43.8 Å². The Morgan fingerprint density at radius 1 is 1.26 bits per heavy atom. The summed E-state index contributed by atoms with van der Waals surface area (Å²) in [6, 6.07) is 8.02. The van der Waals surface area contributed by atoms with Gasteiger partial charge in [0.25, 0.3) is 0 Å². The fourth-order valence-electron chi connectivity index (χ4n) is 4.35. The number of halogens is 1. The van der Waals surface area contributed by atoms with Gasteiger partial charge in [-0.1, -0.05) is 30.0 Å². The van der Waals surface area contributed by atoms with E-state index >= 15 is 0 Å². The number of likely N-dealkylation sites (tertiary alicyclic amines) is 1. The number of piperidine rings is 1. The number of ketones is 1. The van der Waals surface area contributed by atoms with E-state index in [1.807, 2.05) is 24.7 Å². The summed E-state index contributed by atoms with van der Waals surface area (Å²) in [6.45, 7) is 4.69. The molecule has 7 heteroatoms. The fraction of sp³-hybridized carbons (Fsp3) is 0.458. The monoisotopic (exact) mass is 441 g/mol. The second kappa shape index (κ2) is 9.09. The molecule has 0 amide bonds. The van der Waals surface area contributed by atoms with Crippen LogP contribution in [0.25, 0.3) is 6.08 Å². The predicted octanol–water partition coefficient (Wildman–Crippen LogP) is 4.33. The molecule has 2 aliphatic rings. The van der Waals surface area contributed by atoms with E-state index in [-0.39, 0.29) is 27.9 Å². The van der Waals surface area contributed by atoms with E-state index in [1.54, 1.807) is 25.1 Å². The molecule has 4 rings (SSSR count). The number of carbonyl (C=O) groups excluding carboxylic acids is 2. The molecule has 31 heavy (non-hydrogen) atoms. The number of rotatable bonds is 6. The quantitative estimate of drug-likeness (QED) is 0.668. The first-order chi connectivity index (χ1) is 14.8. The minimum atomic E-state index is -0.589. The number of hydrogen-bond donors (Lipinski definition) is 0. The summed E-state index contributed by atoms with van der Waals surface area (Å²) in [4.78, 5) is 27.2. The molecule has 1 saturated carbocycles. The van der Waals surface area contributed by atoms with Crippen molar-refractivity contribution in [3.05, 3.63) is 58.7 Å². The standard InChI is InChI=1S/C24H28FN3O2S/c1-15-12-19(27(3)26-15)13-18-14-28(11-10-22(18)31-16(2)29)23(24(30)17-8-9-17)20-6-4-5-7-21(20)25/h4-7,12-13,17,22-23H,8-11,14H2,1-3H3/b18-13-. The summed E-state index contributed by atoms with van der Waals surface area (Å²) < 4.78 is 16.6. The fourth-order valence-corrected chi connectivity index (χ4v) is 5.27. The van der Waals surface area contributed by atoms with Crippen LogP contribution in [0.1, 0.15) is 49.2 Å². The lowest BCUT2D eigenvalue weighted by Gasteiger charge is -2.38. The Bertz CT molecular complexity index is 1030. The van der Waals surface area contributed by atoms with Crippen LogP contribution in [0.5, 0.6) is 0 Å². The lowest BCUT2D eigenvalue weighted by atomic mass is 9.93. The molecule has 0 N–H and O–H groups in total.